The molecule has 0 bridgehead atoms. The lowest BCUT2D eigenvalue weighted by molar-refractivity contribution is -0.138. The van der Waals surface area contributed by atoms with E-state index in [9.17, 15) is 18.3 Å². The maximum absolute atomic E-state index is 13.8. The van der Waals surface area contributed by atoms with Crippen LogP contribution in [0.25, 0.3) is 22.4 Å². The van der Waals surface area contributed by atoms with Gasteiger partial charge < -0.3 is 20.6 Å². The van der Waals surface area contributed by atoms with E-state index >= 15 is 0 Å². The maximum Gasteiger partial charge on any atom is 0.419 e. The average Bonchev–Trinajstić information content (AvgIpc) is 3.36. The first-order valence-electron chi connectivity index (χ1n) is 11.1. The minimum atomic E-state index is -4.60. The highest BCUT2D eigenvalue weighted by molar-refractivity contribution is 5.64. The number of benzene rings is 3. The first-order chi connectivity index (χ1) is 16.7. The molecule has 0 saturated heterocycles. The van der Waals surface area contributed by atoms with Crippen LogP contribution in [0.4, 0.5) is 13.2 Å². The maximum atomic E-state index is 13.8. The van der Waals surface area contributed by atoms with E-state index in [1.54, 1.807) is 6.92 Å². The van der Waals surface area contributed by atoms with Gasteiger partial charge in [0.05, 0.1) is 36.2 Å². The molecule has 0 spiro atoms. The first-order valence-corrected chi connectivity index (χ1v) is 11.1. The van der Waals surface area contributed by atoms with E-state index in [4.69, 9.17) is 10.5 Å². The molecule has 0 aliphatic heterocycles. The van der Waals surface area contributed by atoms with E-state index < -0.39 is 17.3 Å². The second-order valence-electron chi connectivity index (χ2n) is 8.59. The molecule has 182 valence electrons. The van der Waals surface area contributed by atoms with Crippen molar-refractivity contribution >= 4 is 0 Å². The largest absolute Gasteiger partial charge is 0.493 e. The smallest absolute Gasteiger partial charge is 0.419 e. The van der Waals surface area contributed by atoms with Gasteiger partial charge in [-0.1, -0.05) is 54.6 Å². The van der Waals surface area contributed by atoms with Crippen molar-refractivity contribution in [2.24, 2.45) is 5.73 Å². The zero-order chi connectivity index (χ0) is 25.1. The second kappa shape index (κ2) is 9.93. The monoisotopic (exact) mass is 481 g/mol. The highest BCUT2D eigenvalue weighted by Gasteiger charge is 2.35. The first kappa shape index (κ1) is 24.5. The Labute approximate surface area is 201 Å². The van der Waals surface area contributed by atoms with Crippen molar-refractivity contribution < 1.29 is 23.0 Å². The normalized spacial score (nSPS) is 13.4. The molecule has 0 radical (unpaired) electrons. The van der Waals surface area contributed by atoms with Crippen LogP contribution in [-0.2, 0) is 18.1 Å². The lowest BCUT2D eigenvalue weighted by Crippen LogP contribution is -2.38. The molecule has 5 nitrogen and oxygen atoms in total. The zero-order valence-corrected chi connectivity index (χ0v) is 19.1. The van der Waals surface area contributed by atoms with Crippen molar-refractivity contribution in [1.82, 2.24) is 9.97 Å². The molecule has 1 heterocycles. The zero-order valence-electron chi connectivity index (χ0n) is 19.1. The fraction of sp³-hybridized carbons (Fsp3) is 0.222. The van der Waals surface area contributed by atoms with E-state index in [1.165, 1.54) is 18.3 Å². The van der Waals surface area contributed by atoms with Crippen LogP contribution in [0.3, 0.4) is 0 Å². The number of hydrogen-bond acceptors (Lipinski definition) is 4. The fourth-order valence-electron chi connectivity index (χ4n) is 3.65. The van der Waals surface area contributed by atoms with Crippen LogP contribution in [0.1, 0.15) is 23.9 Å². The van der Waals surface area contributed by atoms with Crippen LogP contribution in [0, 0.1) is 0 Å². The summed E-state index contributed by atoms with van der Waals surface area (Å²) >= 11 is 0. The number of aromatic nitrogens is 2. The van der Waals surface area contributed by atoms with Crippen LogP contribution in [0.2, 0.25) is 0 Å². The highest BCUT2D eigenvalue weighted by Crippen LogP contribution is 2.39. The van der Waals surface area contributed by atoms with Crippen LogP contribution in [0.5, 0.6) is 5.75 Å². The van der Waals surface area contributed by atoms with Gasteiger partial charge >= 0.3 is 6.18 Å². The quantitative estimate of drug-likeness (QED) is 0.308. The van der Waals surface area contributed by atoms with Crippen molar-refractivity contribution in [2.75, 3.05) is 13.2 Å². The van der Waals surface area contributed by atoms with Gasteiger partial charge in [-0.05, 0) is 41.8 Å². The Bertz CT molecular complexity index is 1270. The minimum absolute atomic E-state index is 0.101. The van der Waals surface area contributed by atoms with E-state index in [1.807, 2.05) is 54.6 Å². The molecule has 0 aliphatic rings. The number of nitrogens with one attached hydrogen (secondary N) is 1. The molecule has 4 rings (SSSR count). The van der Waals surface area contributed by atoms with Gasteiger partial charge in [0.2, 0.25) is 0 Å². The van der Waals surface area contributed by atoms with Crippen molar-refractivity contribution in [2.45, 2.75) is 25.1 Å². The number of H-pyrrole nitrogens is 1. The fourth-order valence-corrected chi connectivity index (χ4v) is 3.65. The van der Waals surface area contributed by atoms with Crippen molar-refractivity contribution in [1.29, 1.82) is 0 Å². The number of nitrogens with two attached hydrogens (primary N) is 1. The summed E-state index contributed by atoms with van der Waals surface area (Å²) < 4.78 is 46.9. The number of alkyl halides is 3. The van der Waals surface area contributed by atoms with Crippen molar-refractivity contribution in [3.05, 3.63) is 95.9 Å². The number of hydrogen-bond donors (Lipinski definition) is 3. The van der Waals surface area contributed by atoms with Gasteiger partial charge in [0.1, 0.15) is 11.6 Å². The molecule has 4 aromatic rings. The Balaban J connectivity index is 1.47. The number of ether oxygens (including phenoxy) is 1. The molecule has 1 aromatic heterocycles. The number of aliphatic hydroxyl groups excluding tert-OH is 1. The summed E-state index contributed by atoms with van der Waals surface area (Å²) in [6.45, 7) is 1.31. The lowest BCUT2D eigenvalue weighted by atomic mass is 10.0. The molecule has 0 aliphatic carbocycles. The Morgan fingerprint density at radius 1 is 0.943 bits per heavy atom. The molecule has 4 N–H and O–H groups in total. The van der Waals surface area contributed by atoms with Crippen LogP contribution < -0.4 is 10.5 Å². The Morgan fingerprint density at radius 2 is 1.60 bits per heavy atom. The Hall–Kier alpha value is -3.62. The van der Waals surface area contributed by atoms with Gasteiger partial charge in [-0.3, -0.25) is 0 Å². The summed E-state index contributed by atoms with van der Waals surface area (Å²) in [7, 11) is 0. The molecular weight excluding hydrogens is 455 g/mol. The second-order valence-corrected chi connectivity index (χ2v) is 8.59. The number of aromatic amines is 1. The summed E-state index contributed by atoms with van der Waals surface area (Å²) in [4.78, 5) is 7.00. The van der Waals surface area contributed by atoms with Gasteiger partial charge in [-0.25, -0.2) is 4.98 Å². The number of aliphatic hydroxyl groups is 1. The minimum Gasteiger partial charge on any atom is -0.493 e. The highest BCUT2D eigenvalue weighted by atomic mass is 19.4. The molecule has 0 fully saturated rings. The molecule has 0 saturated carbocycles. The van der Waals surface area contributed by atoms with E-state index in [0.29, 0.717) is 12.1 Å². The molecule has 0 amide bonds. The average molecular weight is 482 g/mol. The molecule has 0 unspecified atom stereocenters. The summed E-state index contributed by atoms with van der Waals surface area (Å²) in [6.07, 6.45) is -2.74. The predicted molar refractivity (Wildman–Crippen MR) is 129 cm³/mol. The van der Waals surface area contributed by atoms with Gasteiger partial charge in [0.15, 0.2) is 0 Å². The SMILES string of the molecule is C[C@](N)(CO)c1ncc(-c2ccc(OCCc3ccc(-c4ccccc4)cc3)c(C(F)(F)F)c2)[nH]1. The Kier molecular flexibility index (Phi) is 6.95. The number of rotatable bonds is 8. The van der Waals surface area contributed by atoms with E-state index in [-0.39, 0.29) is 30.4 Å². The molecule has 1 atom stereocenters. The van der Waals surface area contributed by atoms with Gasteiger partial charge in [0.25, 0.3) is 0 Å². The number of imidazole rings is 1. The van der Waals surface area contributed by atoms with Crippen molar-refractivity contribution in [3.63, 3.8) is 0 Å². The summed E-state index contributed by atoms with van der Waals surface area (Å²) in [5.74, 6) is 0.0445. The number of nitrogens with zero attached hydrogens (tertiary/aromatic N) is 1. The third-order valence-corrected chi connectivity index (χ3v) is 5.75. The van der Waals surface area contributed by atoms with Crippen LogP contribution in [-0.4, -0.2) is 28.3 Å². The van der Waals surface area contributed by atoms with Gasteiger partial charge in [-0.2, -0.15) is 13.2 Å². The van der Waals surface area contributed by atoms with Crippen LogP contribution in [0.15, 0.2) is 79.0 Å². The van der Waals surface area contributed by atoms with Gasteiger partial charge in [-0.15, -0.1) is 0 Å². The molecular formula is C27H26F3N3O2. The van der Waals surface area contributed by atoms with E-state index in [0.717, 1.165) is 22.8 Å². The van der Waals surface area contributed by atoms with E-state index in [2.05, 4.69) is 9.97 Å². The third-order valence-electron chi connectivity index (χ3n) is 5.75. The van der Waals surface area contributed by atoms with Crippen molar-refractivity contribution in [3.8, 4) is 28.1 Å². The predicted octanol–water partition coefficient (Wildman–Crippen LogP) is 5.55. The third kappa shape index (κ3) is 5.72. The molecule has 35 heavy (non-hydrogen) atoms. The summed E-state index contributed by atoms with van der Waals surface area (Å²) in [5.41, 5.74) is 7.73. The van der Waals surface area contributed by atoms with Gasteiger partial charge in [0, 0.05) is 12.0 Å². The lowest BCUT2D eigenvalue weighted by Gasteiger charge is -2.18. The summed E-state index contributed by atoms with van der Waals surface area (Å²) in [6, 6.07) is 21.7. The molecule has 8 heteroatoms. The topological polar surface area (TPSA) is 84.2 Å². The standard InChI is InChI=1S/C27H26F3N3O2/c1-26(31,17-34)25-32-16-23(33-25)21-11-12-24(22(15-21)27(28,29)30)35-14-13-18-7-9-20(10-8-18)19-5-3-2-4-6-19/h2-12,15-16,34H,13-14,17,31H2,1H3,(H,32,33)/t26-/m0/s1. The summed E-state index contributed by atoms with van der Waals surface area (Å²) in [5, 5.41) is 9.39. The molecule has 3 aromatic carbocycles. The van der Waals surface area contributed by atoms with Crippen LogP contribution >= 0.6 is 0 Å². The number of halogens is 3. The Morgan fingerprint density at radius 3 is 2.26 bits per heavy atom.